The predicted octanol–water partition coefficient (Wildman–Crippen LogP) is 0.438. The van der Waals surface area contributed by atoms with Crippen molar-refractivity contribution in [1.82, 2.24) is 9.21 Å². The smallest absolute Gasteiger partial charge is 0.245 e. The molecule has 1 saturated heterocycles. The van der Waals surface area contributed by atoms with Crippen LogP contribution < -0.4 is 5.43 Å². The van der Waals surface area contributed by atoms with Crippen molar-refractivity contribution in [2.75, 3.05) is 38.7 Å². The molecular weight excluding hydrogens is 316 g/mol. The summed E-state index contributed by atoms with van der Waals surface area (Å²) in [5.41, 5.74) is 2.35. The molecule has 2 rings (SSSR count). The third-order valence-electron chi connectivity index (χ3n) is 3.47. The van der Waals surface area contributed by atoms with Gasteiger partial charge in [0.15, 0.2) is 0 Å². The quantitative estimate of drug-likeness (QED) is 0.632. The van der Waals surface area contributed by atoms with Crippen molar-refractivity contribution < 1.29 is 8.42 Å². The van der Waals surface area contributed by atoms with Crippen molar-refractivity contribution >= 4 is 21.4 Å². The van der Waals surface area contributed by atoms with Gasteiger partial charge < -0.3 is 4.90 Å². The van der Waals surface area contributed by atoms with Gasteiger partial charge in [0, 0.05) is 26.2 Å². The van der Waals surface area contributed by atoms with Crippen LogP contribution in [0.2, 0.25) is 0 Å². The van der Waals surface area contributed by atoms with E-state index >= 15 is 0 Å². The van der Waals surface area contributed by atoms with Crippen LogP contribution in [0.15, 0.2) is 34.3 Å². The van der Waals surface area contributed by atoms with Gasteiger partial charge in [-0.05, 0) is 19.2 Å². The van der Waals surface area contributed by atoms with Crippen LogP contribution in [0.25, 0.3) is 0 Å². The molecule has 120 valence electrons. The largest absolute Gasteiger partial charge is 0.304 e. The van der Waals surface area contributed by atoms with Gasteiger partial charge in [-0.25, -0.2) is 8.42 Å². The third kappa shape index (κ3) is 3.85. The molecule has 0 aliphatic carbocycles. The Hall–Kier alpha value is -2.46. The van der Waals surface area contributed by atoms with Crippen LogP contribution in [-0.4, -0.2) is 56.6 Å². The molecule has 0 aromatic heterocycles. The minimum atomic E-state index is -3.67. The van der Waals surface area contributed by atoms with E-state index in [2.05, 4.69) is 15.4 Å². The number of hydrogen-bond acceptors (Lipinski definition) is 7. The first-order valence-electron chi connectivity index (χ1n) is 6.90. The number of rotatable bonds is 4. The Morgan fingerprint density at radius 1 is 1.17 bits per heavy atom. The number of nitrogens with one attached hydrogen (secondary N) is 1. The second-order valence-electron chi connectivity index (χ2n) is 5.00. The number of nitrogens with zero attached hydrogens (tertiary/aromatic N) is 5. The van der Waals surface area contributed by atoms with Gasteiger partial charge in [-0.1, -0.05) is 12.1 Å². The Morgan fingerprint density at radius 2 is 1.78 bits per heavy atom. The highest BCUT2D eigenvalue weighted by molar-refractivity contribution is 7.89. The normalized spacial score (nSPS) is 16.1. The number of hydrogen-bond donors (Lipinski definition) is 1. The lowest BCUT2D eigenvalue weighted by Crippen LogP contribution is -2.47. The molecule has 0 spiro atoms. The van der Waals surface area contributed by atoms with Crippen molar-refractivity contribution in [2.24, 2.45) is 5.10 Å². The number of piperazine rings is 1. The second-order valence-corrected chi connectivity index (χ2v) is 6.91. The fraction of sp³-hybridized carbons (Fsp3) is 0.357. The molecule has 0 radical (unpaired) electrons. The van der Waals surface area contributed by atoms with Gasteiger partial charge in [-0.15, -0.1) is 0 Å². The first-order chi connectivity index (χ1) is 11.0. The van der Waals surface area contributed by atoms with E-state index in [1.54, 1.807) is 30.3 Å². The fourth-order valence-electron chi connectivity index (χ4n) is 2.14. The average Bonchev–Trinajstić information content (AvgIpc) is 2.56. The summed E-state index contributed by atoms with van der Waals surface area (Å²) in [5, 5.41) is 21.0. The monoisotopic (exact) mass is 332 g/mol. The van der Waals surface area contributed by atoms with Gasteiger partial charge in [0.2, 0.25) is 15.7 Å². The molecule has 8 nitrogen and oxygen atoms in total. The molecule has 23 heavy (non-hydrogen) atoms. The molecule has 1 N–H and O–H groups in total. The van der Waals surface area contributed by atoms with Gasteiger partial charge in [0.1, 0.15) is 17.0 Å². The first kappa shape index (κ1) is 16.9. The van der Waals surface area contributed by atoms with Crippen LogP contribution in [0.5, 0.6) is 0 Å². The second kappa shape index (κ2) is 7.20. The lowest BCUT2D eigenvalue weighted by molar-refractivity contribution is 0.222. The van der Waals surface area contributed by atoms with Gasteiger partial charge in [-0.2, -0.15) is 19.9 Å². The molecule has 0 amide bonds. The lowest BCUT2D eigenvalue weighted by Gasteiger charge is -2.31. The van der Waals surface area contributed by atoms with Crippen molar-refractivity contribution in [3.05, 3.63) is 24.3 Å². The van der Waals surface area contributed by atoms with Crippen LogP contribution >= 0.6 is 0 Å². The molecule has 0 saturated carbocycles. The Morgan fingerprint density at radius 3 is 2.39 bits per heavy atom. The minimum absolute atomic E-state index is 0.0727. The summed E-state index contributed by atoms with van der Waals surface area (Å²) in [7, 11) is -1.72. The number of sulfonamides is 1. The van der Waals surface area contributed by atoms with Crippen LogP contribution in [-0.2, 0) is 10.0 Å². The minimum Gasteiger partial charge on any atom is -0.304 e. The van der Waals surface area contributed by atoms with Crippen molar-refractivity contribution in [3.63, 3.8) is 0 Å². The molecule has 1 fully saturated rings. The van der Waals surface area contributed by atoms with E-state index in [4.69, 9.17) is 10.5 Å². The zero-order valence-corrected chi connectivity index (χ0v) is 13.4. The lowest BCUT2D eigenvalue weighted by atomic mass is 10.3. The van der Waals surface area contributed by atoms with Crippen molar-refractivity contribution in [1.29, 1.82) is 10.5 Å². The molecule has 0 bridgehead atoms. The summed E-state index contributed by atoms with van der Waals surface area (Å²) >= 11 is 0. The Balaban J connectivity index is 2.31. The number of nitriles is 2. The van der Waals surface area contributed by atoms with E-state index in [1.807, 2.05) is 7.05 Å². The third-order valence-corrected chi connectivity index (χ3v) is 5.42. The maximum Gasteiger partial charge on any atom is 0.245 e. The van der Waals surface area contributed by atoms with Crippen molar-refractivity contribution in [3.8, 4) is 12.1 Å². The molecule has 1 heterocycles. The average molecular weight is 332 g/mol. The molecule has 0 unspecified atom stereocenters. The highest BCUT2D eigenvalue weighted by Crippen LogP contribution is 2.25. The summed E-state index contributed by atoms with van der Waals surface area (Å²) in [6.07, 6.45) is 0. The van der Waals surface area contributed by atoms with E-state index in [0.29, 0.717) is 26.2 Å². The maximum absolute atomic E-state index is 12.8. The molecule has 0 atom stereocenters. The molecule has 9 heteroatoms. The van der Waals surface area contributed by atoms with E-state index < -0.39 is 10.0 Å². The standard InChI is InChI=1S/C14H16N6O2S/c1-19-6-8-20(9-7-19)23(21,22)14-5-3-2-4-13(14)18-17-12(10-15)11-16/h2-5,18H,6-9H2,1H3. The topological polar surface area (TPSA) is 113 Å². The predicted molar refractivity (Wildman–Crippen MR) is 85.0 cm³/mol. The number of para-hydroxylation sites is 1. The molecule has 1 aliphatic rings. The van der Waals surface area contributed by atoms with Crippen LogP contribution in [0.4, 0.5) is 5.69 Å². The summed E-state index contributed by atoms with van der Waals surface area (Å²) in [4.78, 5) is 2.13. The van der Waals surface area contributed by atoms with Gasteiger partial charge in [0.25, 0.3) is 0 Å². The fourth-order valence-corrected chi connectivity index (χ4v) is 3.71. The zero-order chi connectivity index (χ0) is 16.9. The van der Waals surface area contributed by atoms with Gasteiger partial charge in [0.05, 0.1) is 5.69 Å². The SMILES string of the molecule is CN1CCN(S(=O)(=O)c2ccccc2NN=C(C#N)C#N)CC1. The van der Waals surface area contributed by atoms with E-state index in [-0.39, 0.29) is 16.3 Å². The molecule has 1 aromatic carbocycles. The highest BCUT2D eigenvalue weighted by atomic mass is 32.2. The van der Waals surface area contributed by atoms with Crippen LogP contribution in [0.1, 0.15) is 0 Å². The Bertz CT molecular complexity index is 766. The van der Waals surface area contributed by atoms with E-state index in [0.717, 1.165) is 0 Å². The summed E-state index contributed by atoms with van der Waals surface area (Å²) in [6, 6.07) is 9.51. The number of hydrazone groups is 1. The zero-order valence-electron chi connectivity index (χ0n) is 12.6. The summed E-state index contributed by atoms with van der Waals surface area (Å²) < 4.78 is 27.0. The number of benzene rings is 1. The Kier molecular flexibility index (Phi) is 5.29. The van der Waals surface area contributed by atoms with E-state index in [9.17, 15) is 8.42 Å². The van der Waals surface area contributed by atoms with Gasteiger partial charge >= 0.3 is 0 Å². The van der Waals surface area contributed by atoms with Crippen LogP contribution in [0, 0.1) is 22.7 Å². The molecule has 1 aliphatic heterocycles. The first-order valence-corrected chi connectivity index (χ1v) is 8.34. The maximum atomic E-state index is 12.8. The molecule has 1 aromatic rings. The number of likely N-dealkylation sites (N-methyl/N-ethyl adjacent to an activating group) is 1. The summed E-state index contributed by atoms with van der Waals surface area (Å²) in [5.74, 6) is 0. The summed E-state index contributed by atoms with van der Waals surface area (Å²) in [6.45, 7) is 2.16. The highest BCUT2D eigenvalue weighted by Gasteiger charge is 2.29. The van der Waals surface area contributed by atoms with Crippen LogP contribution in [0.3, 0.4) is 0 Å². The van der Waals surface area contributed by atoms with Crippen molar-refractivity contribution in [2.45, 2.75) is 4.90 Å². The van der Waals surface area contributed by atoms with Gasteiger partial charge in [-0.3, -0.25) is 5.43 Å². The van der Waals surface area contributed by atoms with E-state index in [1.165, 1.54) is 10.4 Å². The number of anilines is 1. The molecular formula is C14H16N6O2S. The Labute approximate surface area is 135 Å².